The molecule has 0 bridgehead atoms. The van der Waals surface area contributed by atoms with Crippen LogP contribution in [0.1, 0.15) is 0 Å². The Labute approximate surface area is 233 Å². The summed E-state index contributed by atoms with van der Waals surface area (Å²) < 4.78 is 143. The van der Waals surface area contributed by atoms with Gasteiger partial charge in [0.1, 0.15) is 11.6 Å². The van der Waals surface area contributed by atoms with Crippen molar-refractivity contribution in [1.29, 1.82) is 0 Å². The third-order valence-corrected chi connectivity index (χ3v) is 7.24. The number of hydrogen-bond donors (Lipinski definition) is 0. The number of hydrogen-bond acceptors (Lipinski definition) is 4. The Hall–Kier alpha value is -3.72. The maximum Gasteiger partial charge on any atom is 0.392 e. The van der Waals surface area contributed by atoms with Gasteiger partial charge in [0, 0.05) is 63.7 Å². The maximum atomic E-state index is 14.7. The van der Waals surface area contributed by atoms with Gasteiger partial charge in [-0.1, -0.05) is 0 Å². The predicted octanol–water partition coefficient (Wildman–Crippen LogP) is 4.50. The number of amides is 2. The number of anilines is 2. The van der Waals surface area contributed by atoms with Gasteiger partial charge in [0.15, 0.2) is 0 Å². The Kier molecular flexibility index (Phi) is 8.30. The molecule has 0 aromatic heterocycles. The molecule has 0 N–H and O–H groups in total. The van der Waals surface area contributed by atoms with Crippen LogP contribution < -0.4 is 9.80 Å². The molecule has 0 atom stereocenters. The summed E-state index contributed by atoms with van der Waals surface area (Å²) in [6, 6.07) is 9.70. The number of benzene rings is 2. The molecular weight excluding hydrogens is 590 g/mol. The van der Waals surface area contributed by atoms with Crippen molar-refractivity contribution < 1.29 is 53.5 Å². The highest BCUT2D eigenvalue weighted by Gasteiger charge is 2.85. The Morgan fingerprint density at radius 1 is 0.476 bits per heavy atom. The van der Waals surface area contributed by atoms with E-state index >= 15 is 0 Å². The molecule has 2 saturated heterocycles. The fraction of sp³-hybridized carbons (Fsp3) is 0.462. The lowest BCUT2D eigenvalue weighted by atomic mass is 9.96. The number of nitrogens with zero attached hydrogens (tertiary/aromatic N) is 4. The largest absolute Gasteiger partial charge is 0.392 e. The van der Waals surface area contributed by atoms with Gasteiger partial charge in [-0.25, -0.2) is 8.78 Å². The highest BCUT2D eigenvalue weighted by molar-refractivity contribution is 5.88. The van der Waals surface area contributed by atoms with Crippen molar-refractivity contribution in [3.63, 3.8) is 0 Å². The van der Waals surface area contributed by atoms with Gasteiger partial charge in [0.05, 0.1) is 0 Å². The molecule has 2 fully saturated rings. The van der Waals surface area contributed by atoms with Crippen molar-refractivity contribution in [3.8, 4) is 0 Å². The fourth-order valence-corrected chi connectivity index (χ4v) is 4.70. The lowest BCUT2D eigenvalue weighted by molar-refractivity contribution is -0.350. The summed E-state index contributed by atoms with van der Waals surface area (Å²) in [6.07, 6.45) is 0. The minimum atomic E-state index is -6.96. The van der Waals surface area contributed by atoms with Crippen LogP contribution in [0.5, 0.6) is 0 Å². The molecule has 2 aliphatic heterocycles. The molecule has 230 valence electrons. The van der Waals surface area contributed by atoms with E-state index in [1.54, 1.807) is 0 Å². The van der Waals surface area contributed by atoms with Crippen LogP contribution in [0.25, 0.3) is 0 Å². The van der Waals surface area contributed by atoms with E-state index < -0.39 is 73.3 Å². The van der Waals surface area contributed by atoms with Crippen molar-refractivity contribution in [3.05, 3.63) is 60.2 Å². The Morgan fingerprint density at radius 2 is 0.738 bits per heavy atom. The third-order valence-electron chi connectivity index (χ3n) is 7.24. The monoisotopic (exact) mass is 614 g/mol. The first kappa shape index (κ1) is 31.2. The van der Waals surface area contributed by atoms with Gasteiger partial charge in [0.25, 0.3) is 11.8 Å². The summed E-state index contributed by atoms with van der Waals surface area (Å²) in [5.41, 5.74) is 0.813. The van der Waals surface area contributed by atoms with E-state index in [9.17, 15) is 53.5 Å². The second-order valence-corrected chi connectivity index (χ2v) is 9.81. The zero-order valence-electron chi connectivity index (χ0n) is 21.7. The van der Waals surface area contributed by atoms with Crippen molar-refractivity contribution >= 4 is 23.2 Å². The van der Waals surface area contributed by atoms with Crippen molar-refractivity contribution in [2.24, 2.45) is 0 Å². The molecule has 2 aliphatic rings. The number of rotatable bonds is 7. The first-order valence-corrected chi connectivity index (χ1v) is 12.6. The minimum absolute atomic E-state index is 0.138. The molecule has 0 spiro atoms. The number of halogens is 10. The molecular formula is C26H24F10N4O2. The van der Waals surface area contributed by atoms with Gasteiger partial charge in [-0.05, 0) is 48.5 Å². The highest BCUT2D eigenvalue weighted by Crippen LogP contribution is 2.53. The van der Waals surface area contributed by atoms with E-state index in [0.29, 0.717) is 11.4 Å². The normalized spacial score (nSPS) is 17.5. The molecule has 0 unspecified atom stereocenters. The van der Waals surface area contributed by atoms with Crippen LogP contribution in [0.15, 0.2) is 48.5 Å². The van der Waals surface area contributed by atoms with Gasteiger partial charge in [-0.15, -0.1) is 0 Å². The number of alkyl halides is 8. The number of carbonyl (C=O) groups is 2. The third kappa shape index (κ3) is 5.42. The molecule has 4 rings (SSSR count). The average molecular weight is 614 g/mol. The van der Waals surface area contributed by atoms with E-state index in [4.69, 9.17) is 0 Å². The van der Waals surface area contributed by atoms with Crippen LogP contribution in [-0.4, -0.2) is 97.7 Å². The second-order valence-electron chi connectivity index (χ2n) is 9.81. The minimum Gasteiger partial charge on any atom is -0.368 e. The zero-order valence-corrected chi connectivity index (χ0v) is 21.7. The fourth-order valence-electron chi connectivity index (χ4n) is 4.70. The van der Waals surface area contributed by atoms with Crippen LogP contribution in [0, 0.1) is 11.6 Å². The summed E-state index contributed by atoms with van der Waals surface area (Å²) >= 11 is 0. The van der Waals surface area contributed by atoms with Gasteiger partial charge in [-0.2, -0.15) is 35.1 Å². The number of carbonyl (C=O) groups excluding carboxylic acids is 2. The second kappa shape index (κ2) is 11.2. The van der Waals surface area contributed by atoms with E-state index in [0.717, 1.165) is 24.3 Å². The smallest absolute Gasteiger partial charge is 0.368 e. The number of piperazine rings is 2. The summed E-state index contributed by atoms with van der Waals surface area (Å²) in [5, 5.41) is 0. The van der Waals surface area contributed by atoms with Gasteiger partial charge in [-0.3, -0.25) is 9.59 Å². The summed E-state index contributed by atoms with van der Waals surface area (Å²) in [7, 11) is 0. The Balaban J connectivity index is 1.43. The van der Waals surface area contributed by atoms with E-state index in [1.807, 2.05) is 0 Å². The van der Waals surface area contributed by atoms with Crippen molar-refractivity contribution in [2.75, 3.05) is 62.2 Å². The molecule has 0 aliphatic carbocycles. The molecule has 2 aromatic rings. The highest BCUT2D eigenvalue weighted by atomic mass is 19.4. The topological polar surface area (TPSA) is 47.1 Å². The zero-order chi connectivity index (χ0) is 31.1. The summed E-state index contributed by atoms with van der Waals surface area (Å²) in [5.74, 6) is -33.3. The van der Waals surface area contributed by atoms with Crippen LogP contribution in [-0.2, 0) is 9.59 Å². The average Bonchev–Trinajstić information content (AvgIpc) is 2.97. The lowest BCUT2D eigenvalue weighted by Gasteiger charge is -2.42. The Bertz CT molecular complexity index is 1180. The van der Waals surface area contributed by atoms with E-state index in [2.05, 4.69) is 0 Å². The SMILES string of the molecule is O=C(N1CCN(c2ccc(F)cc2)CC1)C(F)(F)C(F)(F)C(F)(F)C(F)(F)C(=O)N1CCN(c2ccc(F)cc2)CC1. The predicted molar refractivity (Wildman–Crippen MR) is 130 cm³/mol. The Morgan fingerprint density at radius 3 is 1.00 bits per heavy atom. The quantitative estimate of drug-likeness (QED) is 0.432. The molecule has 42 heavy (non-hydrogen) atoms. The van der Waals surface area contributed by atoms with Gasteiger partial charge < -0.3 is 19.6 Å². The van der Waals surface area contributed by atoms with Gasteiger partial charge in [0.2, 0.25) is 0 Å². The summed E-state index contributed by atoms with van der Waals surface area (Å²) in [4.78, 5) is 27.9. The van der Waals surface area contributed by atoms with Crippen LogP contribution in [0.3, 0.4) is 0 Å². The van der Waals surface area contributed by atoms with Crippen LogP contribution in [0.2, 0.25) is 0 Å². The van der Waals surface area contributed by atoms with Crippen molar-refractivity contribution in [2.45, 2.75) is 23.7 Å². The molecule has 2 aromatic carbocycles. The van der Waals surface area contributed by atoms with Crippen LogP contribution in [0.4, 0.5) is 55.3 Å². The first-order chi connectivity index (χ1) is 19.5. The standard InChI is InChI=1S/C26H24F10N4O2/c27-17-1-5-19(6-2-17)37-9-13-39(14-10-37)21(41)23(29,30)25(33,34)26(35,36)24(31,32)22(42)40-15-11-38(12-16-40)20-7-3-18(28)4-8-20/h1-8H,9-16H2. The van der Waals surface area contributed by atoms with Gasteiger partial charge >= 0.3 is 23.7 Å². The summed E-state index contributed by atoms with van der Waals surface area (Å²) in [6.45, 7) is -3.52. The van der Waals surface area contributed by atoms with E-state index in [-0.39, 0.29) is 36.0 Å². The molecule has 6 nitrogen and oxygen atoms in total. The van der Waals surface area contributed by atoms with E-state index in [1.165, 1.54) is 34.1 Å². The lowest BCUT2D eigenvalue weighted by Crippen LogP contribution is -2.70. The molecule has 2 amide bonds. The molecule has 16 heteroatoms. The molecule has 2 heterocycles. The molecule has 0 saturated carbocycles. The van der Waals surface area contributed by atoms with Crippen molar-refractivity contribution in [1.82, 2.24) is 9.80 Å². The van der Waals surface area contributed by atoms with Crippen LogP contribution >= 0.6 is 0 Å². The maximum absolute atomic E-state index is 14.7. The first-order valence-electron chi connectivity index (χ1n) is 12.6. The molecule has 0 radical (unpaired) electrons.